The van der Waals surface area contributed by atoms with Crippen molar-refractivity contribution in [1.82, 2.24) is 5.32 Å². The monoisotopic (exact) mass is 387 g/mol. The smallest absolute Gasteiger partial charge is 0.239 e. The number of amides is 2. The number of carbonyl (C=O) groups excluding carboxylic acids is 2. The van der Waals surface area contributed by atoms with Crippen LogP contribution in [0.3, 0.4) is 0 Å². The lowest BCUT2D eigenvalue weighted by Gasteiger charge is -2.18. The lowest BCUT2D eigenvalue weighted by Crippen LogP contribution is -2.33. The summed E-state index contributed by atoms with van der Waals surface area (Å²) in [6, 6.07) is 15.0. The average molecular weight is 388 g/mol. The highest BCUT2D eigenvalue weighted by molar-refractivity contribution is 6.33. The summed E-state index contributed by atoms with van der Waals surface area (Å²) >= 11 is 6.20. The molecule has 0 aromatic heterocycles. The first-order chi connectivity index (χ1) is 13.0. The number of hydrogen-bond acceptors (Lipinski definition) is 3. The van der Waals surface area contributed by atoms with Gasteiger partial charge in [0, 0.05) is 12.1 Å². The van der Waals surface area contributed by atoms with Gasteiger partial charge in [-0.2, -0.15) is 0 Å². The average Bonchev–Trinajstić information content (AvgIpc) is 2.67. The Morgan fingerprint density at radius 3 is 2.44 bits per heavy atom. The van der Waals surface area contributed by atoms with E-state index in [9.17, 15) is 9.59 Å². The fourth-order valence-corrected chi connectivity index (χ4v) is 2.90. The largest absolute Gasteiger partial charge is 0.375 e. The molecule has 0 saturated heterocycles. The highest BCUT2D eigenvalue weighted by atomic mass is 35.5. The van der Waals surface area contributed by atoms with E-state index in [0.717, 1.165) is 18.4 Å². The van der Waals surface area contributed by atoms with E-state index in [1.54, 1.807) is 18.2 Å². The van der Waals surface area contributed by atoms with Gasteiger partial charge in [0.05, 0.1) is 23.3 Å². The fourth-order valence-electron chi connectivity index (χ4n) is 2.72. The first-order valence-electron chi connectivity index (χ1n) is 9.21. The number of rotatable bonds is 9. The highest BCUT2D eigenvalue weighted by Crippen LogP contribution is 2.25. The molecule has 0 saturated carbocycles. The molecule has 1 atom stereocenters. The zero-order valence-electron chi connectivity index (χ0n) is 15.7. The van der Waals surface area contributed by atoms with Crippen molar-refractivity contribution in [2.24, 2.45) is 0 Å². The minimum absolute atomic E-state index is 0.0318. The SMILES string of the molecule is CCCC(=O)Nc1ccc(Cl)c(NCC(=O)NC(CC)c2ccccc2)c1. The number of benzene rings is 2. The molecule has 2 aromatic rings. The van der Waals surface area contributed by atoms with Gasteiger partial charge in [-0.3, -0.25) is 9.59 Å². The molecule has 144 valence electrons. The van der Waals surface area contributed by atoms with Gasteiger partial charge >= 0.3 is 0 Å². The van der Waals surface area contributed by atoms with E-state index in [1.807, 2.05) is 44.2 Å². The molecule has 2 aromatic carbocycles. The lowest BCUT2D eigenvalue weighted by molar-refractivity contribution is -0.120. The molecule has 0 spiro atoms. The summed E-state index contributed by atoms with van der Waals surface area (Å²) in [7, 11) is 0. The van der Waals surface area contributed by atoms with Gasteiger partial charge in [-0.05, 0) is 36.6 Å². The van der Waals surface area contributed by atoms with Crippen molar-refractivity contribution >= 4 is 34.8 Å². The normalized spacial score (nSPS) is 11.5. The minimum Gasteiger partial charge on any atom is -0.375 e. The summed E-state index contributed by atoms with van der Waals surface area (Å²) in [6.07, 6.45) is 2.05. The van der Waals surface area contributed by atoms with Crippen molar-refractivity contribution in [2.75, 3.05) is 17.2 Å². The Bertz CT molecular complexity index is 765. The van der Waals surface area contributed by atoms with E-state index in [0.29, 0.717) is 22.8 Å². The van der Waals surface area contributed by atoms with Crippen LogP contribution >= 0.6 is 11.6 Å². The summed E-state index contributed by atoms with van der Waals surface area (Å²) in [4.78, 5) is 24.1. The Kier molecular flexibility index (Phi) is 8.14. The number of halogens is 1. The standard InChI is InChI=1S/C21H26ClN3O2/c1-3-8-20(26)24-16-11-12-17(22)19(13-16)23-14-21(27)25-18(4-2)15-9-6-5-7-10-15/h5-7,9-13,18,23H,3-4,8,14H2,1-2H3,(H,24,26)(H,25,27). The molecule has 0 aliphatic carbocycles. The van der Waals surface area contributed by atoms with Crippen LogP contribution in [0.2, 0.25) is 5.02 Å². The third kappa shape index (κ3) is 6.61. The molecule has 3 N–H and O–H groups in total. The zero-order chi connectivity index (χ0) is 19.6. The van der Waals surface area contributed by atoms with Crippen LogP contribution in [-0.4, -0.2) is 18.4 Å². The van der Waals surface area contributed by atoms with Crippen LogP contribution in [0, 0.1) is 0 Å². The van der Waals surface area contributed by atoms with Crippen molar-refractivity contribution in [3.05, 3.63) is 59.1 Å². The summed E-state index contributed by atoms with van der Waals surface area (Å²) in [5.41, 5.74) is 2.33. The maximum Gasteiger partial charge on any atom is 0.239 e. The predicted molar refractivity (Wildman–Crippen MR) is 111 cm³/mol. The number of hydrogen-bond donors (Lipinski definition) is 3. The zero-order valence-corrected chi connectivity index (χ0v) is 16.5. The Labute approximate surface area is 165 Å². The van der Waals surface area contributed by atoms with Crippen LogP contribution < -0.4 is 16.0 Å². The molecule has 2 amide bonds. The van der Waals surface area contributed by atoms with Crippen LogP contribution in [0.1, 0.15) is 44.7 Å². The molecule has 0 radical (unpaired) electrons. The fraction of sp³-hybridized carbons (Fsp3) is 0.333. The van der Waals surface area contributed by atoms with Crippen LogP contribution in [0.25, 0.3) is 0 Å². The number of nitrogens with one attached hydrogen (secondary N) is 3. The Hall–Kier alpha value is -2.53. The van der Waals surface area contributed by atoms with E-state index in [4.69, 9.17) is 11.6 Å². The summed E-state index contributed by atoms with van der Waals surface area (Å²) in [5, 5.41) is 9.38. The number of carbonyl (C=O) groups is 2. The van der Waals surface area contributed by atoms with Crippen LogP contribution in [0.4, 0.5) is 11.4 Å². The third-order valence-electron chi connectivity index (χ3n) is 4.11. The molecule has 0 aliphatic heterocycles. The maximum absolute atomic E-state index is 12.3. The molecule has 0 aliphatic rings. The lowest BCUT2D eigenvalue weighted by atomic mass is 10.0. The van der Waals surface area contributed by atoms with Gasteiger partial charge in [-0.1, -0.05) is 55.8 Å². The molecule has 0 heterocycles. The maximum atomic E-state index is 12.3. The van der Waals surface area contributed by atoms with Gasteiger partial charge in [0.1, 0.15) is 0 Å². The second-order valence-corrected chi connectivity index (χ2v) is 6.69. The first-order valence-corrected chi connectivity index (χ1v) is 9.58. The van der Waals surface area contributed by atoms with E-state index in [-0.39, 0.29) is 24.4 Å². The predicted octanol–water partition coefficient (Wildman–Crippen LogP) is 4.76. The molecule has 6 heteroatoms. The molecule has 1 unspecified atom stereocenters. The van der Waals surface area contributed by atoms with Crippen LogP contribution in [-0.2, 0) is 9.59 Å². The molecule has 27 heavy (non-hydrogen) atoms. The van der Waals surface area contributed by atoms with Gasteiger partial charge < -0.3 is 16.0 Å². The van der Waals surface area contributed by atoms with Gasteiger partial charge in [0.15, 0.2) is 0 Å². The van der Waals surface area contributed by atoms with E-state index in [2.05, 4.69) is 16.0 Å². The van der Waals surface area contributed by atoms with Crippen LogP contribution in [0.5, 0.6) is 0 Å². The Balaban J connectivity index is 1.94. The van der Waals surface area contributed by atoms with Gasteiger partial charge in [-0.15, -0.1) is 0 Å². The molecule has 2 rings (SSSR count). The highest BCUT2D eigenvalue weighted by Gasteiger charge is 2.13. The second kappa shape index (κ2) is 10.6. The van der Waals surface area contributed by atoms with Gasteiger partial charge in [-0.25, -0.2) is 0 Å². The molecule has 0 bridgehead atoms. The Morgan fingerprint density at radius 2 is 1.78 bits per heavy atom. The van der Waals surface area contributed by atoms with Crippen molar-refractivity contribution in [3.63, 3.8) is 0 Å². The van der Waals surface area contributed by atoms with Crippen LogP contribution in [0.15, 0.2) is 48.5 Å². The topological polar surface area (TPSA) is 70.2 Å². The van der Waals surface area contributed by atoms with Gasteiger partial charge in [0.25, 0.3) is 0 Å². The number of anilines is 2. The molecular weight excluding hydrogens is 362 g/mol. The van der Waals surface area contributed by atoms with Gasteiger partial charge in [0.2, 0.25) is 11.8 Å². The molecule has 5 nitrogen and oxygen atoms in total. The van der Waals surface area contributed by atoms with Crippen molar-refractivity contribution in [1.29, 1.82) is 0 Å². The quantitative estimate of drug-likeness (QED) is 0.581. The van der Waals surface area contributed by atoms with Crippen molar-refractivity contribution in [2.45, 2.75) is 39.2 Å². The van der Waals surface area contributed by atoms with Crippen molar-refractivity contribution in [3.8, 4) is 0 Å². The van der Waals surface area contributed by atoms with E-state index in [1.165, 1.54) is 0 Å². The second-order valence-electron chi connectivity index (χ2n) is 6.29. The van der Waals surface area contributed by atoms with E-state index >= 15 is 0 Å². The summed E-state index contributed by atoms with van der Waals surface area (Å²) < 4.78 is 0. The third-order valence-corrected chi connectivity index (χ3v) is 4.44. The van der Waals surface area contributed by atoms with Crippen molar-refractivity contribution < 1.29 is 9.59 Å². The first kappa shape index (κ1) is 20.8. The molecule has 0 fully saturated rings. The minimum atomic E-state index is -0.123. The summed E-state index contributed by atoms with van der Waals surface area (Å²) in [5.74, 6) is -0.167. The Morgan fingerprint density at radius 1 is 1.04 bits per heavy atom. The molecular formula is C21H26ClN3O2. The summed E-state index contributed by atoms with van der Waals surface area (Å²) in [6.45, 7) is 4.08. The van der Waals surface area contributed by atoms with E-state index < -0.39 is 0 Å².